The molecule has 24 heavy (non-hydrogen) atoms. The van der Waals surface area contributed by atoms with E-state index in [0.29, 0.717) is 0 Å². The van der Waals surface area contributed by atoms with Gasteiger partial charge < -0.3 is 16.3 Å². The Balaban J connectivity index is 0.000000243. The lowest BCUT2D eigenvalue weighted by Gasteiger charge is -2.20. The van der Waals surface area contributed by atoms with E-state index < -0.39 is 10.3 Å². The standard InChI is InChI=1S/C9H13N3O.C6H13NO3S/c1-7(13-12-9(10)11)8-5-3-2-4-6-8;8-11(9,10)7-6-4-2-1-3-5-6/h2-7H,1H3,(H4,10,11,12);6-7H,1-5H2,(H,8,9,10). The number of guanidine groups is 1. The second-order valence-corrected chi connectivity index (χ2v) is 6.79. The van der Waals surface area contributed by atoms with Gasteiger partial charge in [0.2, 0.25) is 5.96 Å². The van der Waals surface area contributed by atoms with Gasteiger partial charge in [-0.1, -0.05) is 49.6 Å². The van der Waals surface area contributed by atoms with Gasteiger partial charge in [-0.15, -0.1) is 0 Å². The molecule has 9 heteroatoms. The van der Waals surface area contributed by atoms with E-state index in [-0.39, 0.29) is 18.1 Å². The maximum Gasteiger partial charge on any atom is 0.333 e. The average molecular weight is 358 g/mol. The van der Waals surface area contributed by atoms with Crippen molar-refractivity contribution in [2.24, 2.45) is 16.6 Å². The number of hydrogen-bond donors (Lipinski definition) is 4. The van der Waals surface area contributed by atoms with Crippen LogP contribution in [0.2, 0.25) is 0 Å². The topological polar surface area (TPSA) is 140 Å². The zero-order valence-electron chi connectivity index (χ0n) is 13.8. The molecule has 0 saturated heterocycles. The molecule has 0 aliphatic heterocycles. The van der Waals surface area contributed by atoms with Gasteiger partial charge in [0.15, 0.2) is 0 Å². The van der Waals surface area contributed by atoms with Crippen LogP contribution in [0.15, 0.2) is 35.5 Å². The van der Waals surface area contributed by atoms with Crippen LogP contribution in [0.25, 0.3) is 0 Å². The summed E-state index contributed by atoms with van der Waals surface area (Å²) in [5, 5.41) is 3.47. The Bertz CT molecular complexity index is 597. The summed E-state index contributed by atoms with van der Waals surface area (Å²) in [5.74, 6) is -0.0669. The van der Waals surface area contributed by atoms with E-state index in [9.17, 15) is 8.42 Å². The Morgan fingerprint density at radius 3 is 2.33 bits per heavy atom. The predicted octanol–water partition coefficient (Wildman–Crippen LogP) is 1.66. The second kappa shape index (κ2) is 10.1. The average Bonchev–Trinajstić information content (AvgIpc) is 2.53. The van der Waals surface area contributed by atoms with Crippen LogP contribution in [-0.4, -0.2) is 25.0 Å². The number of nitrogens with one attached hydrogen (secondary N) is 1. The molecule has 0 bridgehead atoms. The van der Waals surface area contributed by atoms with E-state index in [1.165, 1.54) is 6.42 Å². The van der Waals surface area contributed by atoms with Gasteiger partial charge in [0, 0.05) is 6.04 Å². The summed E-state index contributed by atoms with van der Waals surface area (Å²) in [6.45, 7) is 1.88. The Hall–Kier alpha value is -1.84. The van der Waals surface area contributed by atoms with Gasteiger partial charge >= 0.3 is 10.3 Å². The number of rotatable bonds is 5. The first-order valence-electron chi connectivity index (χ1n) is 7.82. The smallest absolute Gasteiger partial charge is 0.333 e. The molecule has 0 spiro atoms. The summed E-state index contributed by atoms with van der Waals surface area (Å²) in [6, 6.07) is 9.67. The Kier molecular flexibility index (Phi) is 8.51. The van der Waals surface area contributed by atoms with Crippen LogP contribution in [0.5, 0.6) is 0 Å². The minimum Gasteiger partial charge on any atom is -0.385 e. The first-order chi connectivity index (χ1) is 11.3. The number of nitrogens with zero attached hydrogens (tertiary/aromatic N) is 1. The molecule has 0 aromatic heterocycles. The molecular formula is C15H26N4O4S. The maximum atomic E-state index is 10.3. The summed E-state index contributed by atoms with van der Waals surface area (Å²) < 4.78 is 31.3. The van der Waals surface area contributed by atoms with Crippen LogP contribution in [0, 0.1) is 0 Å². The molecule has 0 amide bonds. The molecule has 1 atom stereocenters. The van der Waals surface area contributed by atoms with Gasteiger partial charge in [-0.2, -0.15) is 13.1 Å². The summed E-state index contributed by atoms with van der Waals surface area (Å²) in [5.41, 5.74) is 11.3. The molecule has 1 saturated carbocycles. The van der Waals surface area contributed by atoms with Gasteiger partial charge in [0.05, 0.1) is 0 Å². The zero-order valence-corrected chi connectivity index (χ0v) is 14.6. The van der Waals surface area contributed by atoms with Gasteiger partial charge in [0.25, 0.3) is 0 Å². The molecule has 1 aromatic rings. The fraction of sp³-hybridized carbons (Fsp3) is 0.533. The highest BCUT2D eigenvalue weighted by Gasteiger charge is 2.17. The molecule has 1 fully saturated rings. The normalized spacial score (nSPS) is 16.4. The lowest BCUT2D eigenvalue weighted by molar-refractivity contribution is 0.0717. The largest absolute Gasteiger partial charge is 0.385 e. The van der Waals surface area contributed by atoms with E-state index in [1.54, 1.807) is 0 Å². The van der Waals surface area contributed by atoms with Crippen molar-refractivity contribution in [1.29, 1.82) is 0 Å². The minimum absolute atomic E-state index is 0.0428. The minimum atomic E-state index is -3.97. The van der Waals surface area contributed by atoms with Crippen molar-refractivity contribution in [2.75, 3.05) is 0 Å². The Morgan fingerprint density at radius 2 is 1.83 bits per heavy atom. The fourth-order valence-electron chi connectivity index (χ4n) is 2.36. The molecule has 8 nitrogen and oxygen atoms in total. The second-order valence-electron chi connectivity index (χ2n) is 5.60. The predicted molar refractivity (Wildman–Crippen MR) is 93.3 cm³/mol. The summed E-state index contributed by atoms with van der Waals surface area (Å²) in [7, 11) is -3.97. The highest BCUT2D eigenvalue weighted by atomic mass is 32.2. The van der Waals surface area contributed by atoms with Crippen molar-refractivity contribution in [2.45, 2.75) is 51.2 Å². The first-order valence-corrected chi connectivity index (χ1v) is 9.26. The quantitative estimate of drug-likeness (QED) is 0.273. The molecule has 0 heterocycles. The number of oxime groups is 1. The van der Waals surface area contributed by atoms with Crippen molar-refractivity contribution >= 4 is 16.3 Å². The van der Waals surface area contributed by atoms with Crippen molar-refractivity contribution in [3.05, 3.63) is 35.9 Å². The maximum absolute atomic E-state index is 10.3. The third-order valence-corrected chi connectivity index (χ3v) is 4.14. The third kappa shape index (κ3) is 9.33. The van der Waals surface area contributed by atoms with Crippen LogP contribution in [0.1, 0.15) is 50.7 Å². The highest BCUT2D eigenvalue weighted by Crippen LogP contribution is 2.17. The van der Waals surface area contributed by atoms with Crippen molar-refractivity contribution in [3.63, 3.8) is 0 Å². The van der Waals surface area contributed by atoms with Crippen molar-refractivity contribution in [3.8, 4) is 0 Å². The molecule has 1 aliphatic carbocycles. The van der Waals surface area contributed by atoms with Crippen LogP contribution in [0.3, 0.4) is 0 Å². The molecule has 0 radical (unpaired) electrons. The van der Waals surface area contributed by atoms with Crippen molar-refractivity contribution in [1.82, 2.24) is 4.72 Å². The van der Waals surface area contributed by atoms with Gasteiger partial charge in [-0.3, -0.25) is 4.55 Å². The van der Waals surface area contributed by atoms with E-state index in [4.69, 9.17) is 20.9 Å². The van der Waals surface area contributed by atoms with E-state index in [0.717, 1.165) is 31.2 Å². The molecule has 2 rings (SSSR count). The monoisotopic (exact) mass is 358 g/mol. The van der Waals surface area contributed by atoms with E-state index >= 15 is 0 Å². The van der Waals surface area contributed by atoms with E-state index in [2.05, 4.69) is 9.88 Å². The number of nitrogens with two attached hydrogens (primary N) is 2. The van der Waals surface area contributed by atoms with Gasteiger partial charge in [-0.05, 0) is 30.5 Å². The summed E-state index contributed by atoms with van der Waals surface area (Å²) in [6.07, 6.45) is 4.83. The van der Waals surface area contributed by atoms with Crippen molar-refractivity contribution < 1.29 is 17.8 Å². The number of benzene rings is 1. The van der Waals surface area contributed by atoms with Crippen LogP contribution < -0.4 is 16.2 Å². The lowest BCUT2D eigenvalue weighted by Crippen LogP contribution is -2.35. The third-order valence-electron chi connectivity index (χ3n) is 3.51. The lowest BCUT2D eigenvalue weighted by atomic mass is 9.96. The molecule has 1 aliphatic rings. The van der Waals surface area contributed by atoms with Crippen LogP contribution >= 0.6 is 0 Å². The first kappa shape index (κ1) is 20.2. The molecule has 6 N–H and O–H groups in total. The molecular weight excluding hydrogens is 332 g/mol. The molecule has 1 aromatic carbocycles. The van der Waals surface area contributed by atoms with Gasteiger partial charge in [0.1, 0.15) is 6.10 Å². The Labute approximate surface area is 143 Å². The Morgan fingerprint density at radius 1 is 1.25 bits per heavy atom. The molecule has 136 valence electrons. The van der Waals surface area contributed by atoms with E-state index in [1.807, 2.05) is 37.3 Å². The highest BCUT2D eigenvalue weighted by molar-refractivity contribution is 7.83. The van der Waals surface area contributed by atoms with Crippen LogP contribution in [0.4, 0.5) is 0 Å². The van der Waals surface area contributed by atoms with Crippen LogP contribution in [-0.2, 0) is 15.1 Å². The molecule has 1 unspecified atom stereocenters. The SMILES string of the molecule is CC(ON=C(N)N)c1ccccc1.O=S(=O)(O)NC1CCCCC1. The fourth-order valence-corrected chi connectivity index (χ4v) is 3.01. The summed E-state index contributed by atoms with van der Waals surface area (Å²) in [4.78, 5) is 5.03. The zero-order chi connectivity index (χ0) is 18.0. The summed E-state index contributed by atoms with van der Waals surface area (Å²) >= 11 is 0. The number of hydrogen-bond acceptors (Lipinski definition) is 4. The van der Waals surface area contributed by atoms with Gasteiger partial charge in [-0.25, -0.2) is 0 Å².